The van der Waals surface area contributed by atoms with Crippen molar-refractivity contribution >= 4 is 29.3 Å². The summed E-state index contributed by atoms with van der Waals surface area (Å²) in [6.07, 6.45) is 6.56. The summed E-state index contributed by atoms with van der Waals surface area (Å²) in [5.74, 6) is 1.11. The van der Waals surface area contributed by atoms with E-state index >= 15 is 0 Å². The number of halogens is 1. The lowest BCUT2D eigenvalue weighted by Gasteiger charge is -2.22. The number of aromatic nitrogens is 2. The average molecular weight is 374 g/mol. The molecule has 1 fully saturated rings. The van der Waals surface area contributed by atoms with Gasteiger partial charge in [0.05, 0.1) is 0 Å². The largest absolute Gasteiger partial charge is 0.368 e. The molecule has 3 N–H and O–H groups in total. The third-order valence-corrected chi connectivity index (χ3v) is 4.69. The van der Waals surface area contributed by atoms with Crippen LogP contribution in [-0.2, 0) is 6.42 Å². The molecule has 6 nitrogen and oxygen atoms in total. The summed E-state index contributed by atoms with van der Waals surface area (Å²) >= 11 is 5.98. The van der Waals surface area contributed by atoms with Crippen LogP contribution in [0.1, 0.15) is 37.7 Å². The second kappa shape index (κ2) is 9.38. The Morgan fingerprint density at radius 1 is 1.08 bits per heavy atom. The number of carbonyl (C=O) groups excluding carboxylic acids is 1. The molecule has 1 heterocycles. The van der Waals surface area contributed by atoms with E-state index in [2.05, 4.69) is 26.1 Å². The molecule has 1 aromatic heterocycles. The lowest BCUT2D eigenvalue weighted by molar-refractivity contribution is 0.244. The van der Waals surface area contributed by atoms with Crippen LogP contribution < -0.4 is 16.0 Å². The van der Waals surface area contributed by atoms with Crippen molar-refractivity contribution in [1.29, 1.82) is 0 Å². The lowest BCUT2D eigenvalue weighted by atomic mass is 9.96. The van der Waals surface area contributed by atoms with Gasteiger partial charge in [-0.1, -0.05) is 43.0 Å². The van der Waals surface area contributed by atoms with Crippen molar-refractivity contribution in [2.45, 2.75) is 44.6 Å². The number of anilines is 2. The highest BCUT2D eigenvalue weighted by molar-refractivity contribution is 6.30. The van der Waals surface area contributed by atoms with Crippen molar-refractivity contribution < 1.29 is 4.79 Å². The van der Waals surface area contributed by atoms with Gasteiger partial charge in [-0.05, 0) is 49.1 Å². The lowest BCUT2D eigenvalue weighted by Crippen LogP contribution is -2.39. The van der Waals surface area contributed by atoms with Gasteiger partial charge in [-0.25, -0.2) is 4.79 Å². The summed E-state index contributed by atoms with van der Waals surface area (Å²) in [4.78, 5) is 12.0. The summed E-state index contributed by atoms with van der Waals surface area (Å²) in [5.41, 5.74) is 1.16. The van der Waals surface area contributed by atoms with Crippen LogP contribution in [0.25, 0.3) is 0 Å². The monoisotopic (exact) mass is 373 g/mol. The minimum Gasteiger partial charge on any atom is -0.368 e. The molecule has 1 aliphatic rings. The Morgan fingerprint density at radius 3 is 2.58 bits per heavy atom. The minimum atomic E-state index is -0.215. The van der Waals surface area contributed by atoms with Crippen molar-refractivity contribution in [3.63, 3.8) is 0 Å². The molecule has 0 radical (unpaired) electrons. The summed E-state index contributed by atoms with van der Waals surface area (Å²) < 4.78 is 0. The van der Waals surface area contributed by atoms with Crippen molar-refractivity contribution in [3.8, 4) is 0 Å². The predicted octanol–water partition coefficient (Wildman–Crippen LogP) is 4.24. The van der Waals surface area contributed by atoms with Crippen LogP contribution in [0.2, 0.25) is 5.02 Å². The van der Waals surface area contributed by atoms with Gasteiger partial charge in [-0.15, -0.1) is 10.2 Å². The van der Waals surface area contributed by atoms with Crippen molar-refractivity contribution in [1.82, 2.24) is 15.5 Å². The number of urea groups is 1. The first-order valence-corrected chi connectivity index (χ1v) is 9.46. The van der Waals surface area contributed by atoms with Crippen LogP contribution in [0.3, 0.4) is 0 Å². The quantitative estimate of drug-likeness (QED) is 0.707. The van der Waals surface area contributed by atoms with E-state index < -0.39 is 0 Å². The normalized spacial score (nSPS) is 14.7. The van der Waals surface area contributed by atoms with E-state index in [1.54, 1.807) is 12.1 Å². The first kappa shape index (κ1) is 18.5. The van der Waals surface area contributed by atoms with Gasteiger partial charge < -0.3 is 10.6 Å². The van der Waals surface area contributed by atoms with E-state index in [0.29, 0.717) is 11.6 Å². The fourth-order valence-corrected chi connectivity index (χ4v) is 3.32. The molecule has 0 saturated heterocycles. The molecule has 0 spiro atoms. The summed E-state index contributed by atoms with van der Waals surface area (Å²) in [7, 11) is 0. The molecule has 1 aromatic carbocycles. The molecule has 138 valence electrons. The molecule has 2 amide bonds. The number of amides is 2. The van der Waals surface area contributed by atoms with E-state index in [1.165, 1.54) is 19.3 Å². The van der Waals surface area contributed by atoms with Crippen LogP contribution in [0.15, 0.2) is 36.4 Å². The smallest absolute Gasteiger partial charge is 0.320 e. The van der Waals surface area contributed by atoms with Crippen LogP contribution in [0.4, 0.5) is 16.4 Å². The number of nitrogens with one attached hydrogen (secondary N) is 3. The maximum absolute atomic E-state index is 12.0. The van der Waals surface area contributed by atoms with Gasteiger partial charge in [0, 0.05) is 17.6 Å². The summed E-state index contributed by atoms with van der Waals surface area (Å²) in [6.45, 7) is 0.726. The third-order valence-electron chi connectivity index (χ3n) is 4.46. The standard InChI is InChI=1S/C19H24ClN5O/c20-15-6-4-5-14(13-15)11-12-21-17-9-10-18(25-24-17)23-19(26)22-16-7-2-1-3-8-16/h4-6,9-10,13,16H,1-3,7-8,11-12H2,(H,21,24)(H2,22,23,25,26). The second-order valence-corrected chi connectivity index (χ2v) is 6.98. The zero-order valence-electron chi connectivity index (χ0n) is 14.7. The number of rotatable bonds is 6. The van der Waals surface area contributed by atoms with Crippen LogP contribution in [0, 0.1) is 0 Å². The van der Waals surface area contributed by atoms with E-state index in [9.17, 15) is 4.79 Å². The first-order chi connectivity index (χ1) is 12.7. The van der Waals surface area contributed by atoms with Gasteiger partial charge >= 0.3 is 6.03 Å². The zero-order valence-corrected chi connectivity index (χ0v) is 15.4. The van der Waals surface area contributed by atoms with Gasteiger partial charge in [0.15, 0.2) is 5.82 Å². The molecular formula is C19H24ClN5O. The molecule has 0 bridgehead atoms. The fourth-order valence-electron chi connectivity index (χ4n) is 3.11. The molecule has 3 rings (SSSR count). The number of nitrogens with zero attached hydrogens (tertiary/aromatic N) is 2. The number of carbonyl (C=O) groups is 1. The maximum atomic E-state index is 12.0. The van der Waals surface area contributed by atoms with Gasteiger partial charge in [-0.2, -0.15) is 0 Å². The average Bonchev–Trinajstić information content (AvgIpc) is 2.64. The van der Waals surface area contributed by atoms with E-state index in [0.717, 1.165) is 36.4 Å². The number of hydrogen-bond donors (Lipinski definition) is 3. The van der Waals surface area contributed by atoms with Gasteiger partial charge in [0.1, 0.15) is 5.82 Å². The Bertz CT molecular complexity index is 716. The van der Waals surface area contributed by atoms with Gasteiger partial charge in [0.25, 0.3) is 0 Å². The second-order valence-electron chi connectivity index (χ2n) is 6.54. The Kier molecular flexibility index (Phi) is 6.66. The molecule has 0 atom stereocenters. The fraction of sp³-hybridized carbons (Fsp3) is 0.421. The SMILES string of the molecule is O=C(Nc1ccc(NCCc2cccc(Cl)c2)nn1)NC1CCCCC1. The van der Waals surface area contributed by atoms with E-state index in [4.69, 9.17) is 11.6 Å². The minimum absolute atomic E-state index is 0.215. The van der Waals surface area contributed by atoms with Crippen molar-refractivity contribution in [2.24, 2.45) is 0 Å². The summed E-state index contributed by atoms with van der Waals surface area (Å²) in [6, 6.07) is 11.4. The van der Waals surface area contributed by atoms with Gasteiger partial charge in [-0.3, -0.25) is 5.32 Å². The van der Waals surface area contributed by atoms with Crippen LogP contribution in [0.5, 0.6) is 0 Å². The Morgan fingerprint density at radius 2 is 1.85 bits per heavy atom. The van der Waals surface area contributed by atoms with E-state index in [1.807, 2.05) is 24.3 Å². The van der Waals surface area contributed by atoms with Crippen molar-refractivity contribution in [3.05, 3.63) is 47.0 Å². The molecule has 0 aliphatic heterocycles. The van der Waals surface area contributed by atoms with E-state index in [-0.39, 0.29) is 12.1 Å². The van der Waals surface area contributed by atoms with Crippen LogP contribution >= 0.6 is 11.6 Å². The Balaban J connectivity index is 1.42. The molecule has 26 heavy (non-hydrogen) atoms. The topological polar surface area (TPSA) is 78.9 Å². The molecular weight excluding hydrogens is 350 g/mol. The highest BCUT2D eigenvalue weighted by Gasteiger charge is 2.15. The molecule has 1 saturated carbocycles. The van der Waals surface area contributed by atoms with Crippen LogP contribution in [-0.4, -0.2) is 28.8 Å². The number of benzene rings is 1. The molecule has 0 unspecified atom stereocenters. The zero-order chi connectivity index (χ0) is 18.2. The first-order valence-electron chi connectivity index (χ1n) is 9.08. The Labute approximate surface area is 158 Å². The highest BCUT2D eigenvalue weighted by atomic mass is 35.5. The molecule has 2 aromatic rings. The van der Waals surface area contributed by atoms with Gasteiger partial charge in [0.2, 0.25) is 0 Å². The van der Waals surface area contributed by atoms with Crippen molar-refractivity contribution in [2.75, 3.05) is 17.2 Å². The highest BCUT2D eigenvalue weighted by Crippen LogP contribution is 2.17. The summed E-state index contributed by atoms with van der Waals surface area (Å²) in [5, 5.41) is 17.8. The Hall–Kier alpha value is -2.34. The molecule has 7 heteroatoms. The number of hydrogen-bond acceptors (Lipinski definition) is 4. The maximum Gasteiger partial charge on any atom is 0.320 e. The third kappa shape index (κ3) is 5.88. The molecule has 1 aliphatic carbocycles. The predicted molar refractivity (Wildman–Crippen MR) is 105 cm³/mol.